The van der Waals surface area contributed by atoms with E-state index in [0.29, 0.717) is 12.8 Å². The van der Waals surface area contributed by atoms with E-state index in [1.165, 1.54) is 25.0 Å². The van der Waals surface area contributed by atoms with E-state index in [1.807, 2.05) is 0 Å². The van der Waals surface area contributed by atoms with Gasteiger partial charge in [0.15, 0.2) is 6.29 Å². The number of likely N-dealkylation sites (tertiary alicyclic amines) is 1. The molecule has 12 heteroatoms. The van der Waals surface area contributed by atoms with Crippen LogP contribution in [0.4, 0.5) is 4.79 Å². The zero-order chi connectivity index (χ0) is 29.5. The topological polar surface area (TPSA) is 164 Å². The molecule has 0 radical (unpaired) electrons. The van der Waals surface area contributed by atoms with Gasteiger partial charge in [-0.15, -0.1) is 0 Å². The Bertz CT molecular complexity index is 1100. The Kier molecular flexibility index (Phi) is 10.7. The smallest absolute Gasteiger partial charge is 0.316 e. The third-order valence-corrected chi connectivity index (χ3v) is 6.55. The summed E-state index contributed by atoms with van der Waals surface area (Å²) >= 11 is 0. The highest BCUT2D eigenvalue weighted by atomic mass is 16.5. The highest BCUT2D eigenvalue weighted by Crippen LogP contribution is 2.26. The number of carbonyl (C=O) groups excluding carboxylic acids is 6. The summed E-state index contributed by atoms with van der Waals surface area (Å²) in [4.78, 5) is 80.7. The lowest BCUT2D eigenvalue weighted by atomic mass is 9.85. The first-order valence-corrected chi connectivity index (χ1v) is 12.9. The summed E-state index contributed by atoms with van der Waals surface area (Å²) in [5, 5.41) is 7.87. The lowest BCUT2D eigenvalue weighted by molar-refractivity contribution is -0.142. The van der Waals surface area contributed by atoms with Gasteiger partial charge in [0.1, 0.15) is 17.8 Å². The highest BCUT2D eigenvalue weighted by molar-refractivity contribution is 6.27. The van der Waals surface area contributed by atoms with Crippen molar-refractivity contribution in [3.63, 3.8) is 0 Å². The summed E-state index contributed by atoms with van der Waals surface area (Å²) in [6.45, 7) is 10.6. The van der Waals surface area contributed by atoms with Crippen LogP contribution in [0.25, 0.3) is 0 Å². The fourth-order valence-corrected chi connectivity index (χ4v) is 4.27. The number of carbonyl (C=O) groups is 6. The second-order valence-corrected chi connectivity index (χ2v) is 11.0. The molecule has 1 fully saturated rings. The Morgan fingerprint density at radius 1 is 1.08 bits per heavy atom. The van der Waals surface area contributed by atoms with E-state index in [0.717, 1.165) is 0 Å². The molecular formula is C27H39N5O7. The lowest BCUT2D eigenvalue weighted by Crippen LogP contribution is -2.61. The molecule has 1 aromatic rings. The quantitative estimate of drug-likeness (QED) is 0.213. The van der Waals surface area contributed by atoms with Crippen molar-refractivity contribution >= 4 is 35.7 Å². The molecule has 214 valence electrons. The first kappa shape index (κ1) is 31.4. The first-order valence-electron chi connectivity index (χ1n) is 12.9. The van der Waals surface area contributed by atoms with Crippen LogP contribution in [0.3, 0.4) is 0 Å². The number of hydrogen-bond acceptors (Lipinski definition) is 8. The zero-order valence-corrected chi connectivity index (χ0v) is 23.6. The SMILES string of the molecule is COc1cccc(C(=O)C(NC(=O)NC(C(=O)N2CCCC2C(=O)NC(C)C(=O)C=O)C(C)(C)C)C(C)C)n1. The maximum absolute atomic E-state index is 13.7. The van der Waals surface area contributed by atoms with Crippen LogP contribution in [0.15, 0.2) is 18.2 Å². The van der Waals surface area contributed by atoms with Gasteiger partial charge in [0.25, 0.3) is 0 Å². The van der Waals surface area contributed by atoms with E-state index in [1.54, 1.807) is 46.8 Å². The minimum Gasteiger partial charge on any atom is -0.481 e. The van der Waals surface area contributed by atoms with Crippen LogP contribution in [0.1, 0.15) is 64.9 Å². The molecule has 2 heterocycles. The molecule has 0 saturated carbocycles. The van der Waals surface area contributed by atoms with Crippen LogP contribution in [-0.4, -0.2) is 83.4 Å². The van der Waals surface area contributed by atoms with Crippen molar-refractivity contribution in [2.75, 3.05) is 13.7 Å². The largest absolute Gasteiger partial charge is 0.481 e. The molecule has 1 aromatic heterocycles. The van der Waals surface area contributed by atoms with E-state index >= 15 is 0 Å². The summed E-state index contributed by atoms with van der Waals surface area (Å²) in [6, 6.07) is 0.224. The van der Waals surface area contributed by atoms with Gasteiger partial charge in [-0.05, 0) is 37.2 Å². The van der Waals surface area contributed by atoms with Crippen molar-refractivity contribution in [1.29, 1.82) is 0 Å². The van der Waals surface area contributed by atoms with Gasteiger partial charge in [0.05, 0.1) is 19.2 Å². The predicted molar refractivity (Wildman–Crippen MR) is 142 cm³/mol. The Labute approximate surface area is 228 Å². The molecule has 1 saturated heterocycles. The lowest BCUT2D eigenvalue weighted by Gasteiger charge is -2.36. The third-order valence-electron chi connectivity index (χ3n) is 6.55. The Morgan fingerprint density at radius 3 is 2.31 bits per heavy atom. The predicted octanol–water partition coefficient (Wildman–Crippen LogP) is 1.28. The number of amides is 4. The zero-order valence-electron chi connectivity index (χ0n) is 23.6. The number of pyridine rings is 1. The Morgan fingerprint density at radius 2 is 1.74 bits per heavy atom. The van der Waals surface area contributed by atoms with Gasteiger partial charge < -0.3 is 25.6 Å². The van der Waals surface area contributed by atoms with Gasteiger partial charge in [0, 0.05) is 12.6 Å². The number of aldehydes is 1. The molecule has 12 nitrogen and oxygen atoms in total. The summed E-state index contributed by atoms with van der Waals surface area (Å²) in [6.07, 6.45) is 1.07. The number of Topliss-reactive ketones (excluding diaryl/α,β-unsaturated/α-hetero) is 2. The molecule has 2 rings (SSSR count). The van der Waals surface area contributed by atoms with Crippen molar-refractivity contribution in [1.82, 2.24) is 25.8 Å². The van der Waals surface area contributed by atoms with E-state index in [2.05, 4.69) is 20.9 Å². The van der Waals surface area contributed by atoms with Crippen LogP contribution in [0.2, 0.25) is 0 Å². The number of methoxy groups -OCH3 is 1. The fourth-order valence-electron chi connectivity index (χ4n) is 4.27. The van der Waals surface area contributed by atoms with Crippen LogP contribution in [0.5, 0.6) is 5.88 Å². The first-order chi connectivity index (χ1) is 18.2. The number of ketones is 2. The second kappa shape index (κ2) is 13.3. The number of nitrogens with zero attached hydrogens (tertiary/aromatic N) is 2. The van der Waals surface area contributed by atoms with Crippen LogP contribution in [0, 0.1) is 11.3 Å². The molecule has 39 heavy (non-hydrogen) atoms. The third kappa shape index (κ3) is 8.08. The summed E-state index contributed by atoms with van der Waals surface area (Å²) in [7, 11) is 1.44. The highest BCUT2D eigenvalue weighted by Gasteiger charge is 2.42. The van der Waals surface area contributed by atoms with Gasteiger partial charge in [-0.1, -0.05) is 40.7 Å². The molecule has 0 spiro atoms. The van der Waals surface area contributed by atoms with Crippen molar-refractivity contribution in [2.24, 2.45) is 11.3 Å². The summed E-state index contributed by atoms with van der Waals surface area (Å²) < 4.78 is 5.09. The number of ether oxygens (including phenoxy) is 1. The molecule has 0 bridgehead atoms. The van der Waals surface area contributed by atoms with Crippen molar-refractivity contribution in [3.05, 3.63) is 23.9 Å². The van der Waals surface area contributed by atoms with Crippen molar-refractivity contribution in [3.8, 4) is 5.88 Å². The molecular weight excluding hydrogens is 506 g/mol. The van der Waals surface area contributed by atoms with Crippen LogP contribution in [-0.2, 0) is 19.2 Å². The number of aromatic nitrogens is 1. The maximum Gasteiger partial charge on any atom is 0.316 e. The molecule has 1 aliphatic heterocycles. The number of nitrogens with one attached hydrogen (secondary N) is 3. The molecule has 1 aliphatic rings. The van der Waals surface area contributed by atoms with E-state index < -0.39 is 59.0 Å². The van der Waals surface area contributed by atoms with Crippen molar-refractivity contribution < 1.29 is 33.5 Å². The molecule has 4 atom stereocenters. The van der Waals surface area contributed by atoms with E-state index in [9.17, 15) is 28.8 Å². The summed E-state index contributed by atoms with van der Waals surface area (Å²) in [5.41, 5.74) is -0.616. The monoisotopic (exact) mass is 545 g/mol. The number of hydrogen-bond donors (Lipinski definition) is 3. The van der Waals surface area contributed by atoms with Crippen molar-refractivity contribution in [2.45, 2.75) is 78.6 Å². The Balaban J connectivity index is 2.20. The molecule has 0 aliphatic carbocycles. The van der Waals surface area contributed by atoms with Gasteiger partial charge in [-0.3, -0.25) is 24.0 Å². The second-order valence-electron chi connectivity index (χ2n) is 11.0. The normalized spacial score (nSPS) is 17.5. The number of rotatable bonds is 11. The molecule has 3 N–H and O–H groups in total. The van der Waals surface area contributed by atoms with Gasteiger partial charge >= 0.3 is 6.03 Å². The number of urea groups is 1. The fraction of sp³-hybridized carbons (Fsp3) is 0.593. The minimum atomic E-state index is -1.03. The maximum atomic E-state index is 13.7. The van der Waals surface area contributed by atoms with Crippen LogP contribution >= 0.6 is 0 Å². The Hall–Kier alpha value is -3.83. The minimum absolute atomic E-state index is 0.130. The van der Waals surface area contributed by atoms with E-state index in [-0.39, 0.29) is 30.3 Å². The molecule has 4 unspecified atom stereocenters. The average molecular weight is 546 g/mol. The van der Waals surface area contributed by atoms with Crippen LogP contribution < -0.4 is 20.7 Å². The van der Waals surface area contributed by atoms with Gasteiger partial charge in [-0.2, -0.15) is 0 Å². The summed E-state index contributed by atoms with van der Waals surface area (Å²) in [5.74, 6) is -2.22. The van der Waals surface area contributed by atoms with E-state index in [4.69, 9.17) is 4.74 Å². The van der Waals surface area contributed by atoms with Gasteiger partial charge in [0.2, 0.25) is 29.3 Å². The standard InChI is InChI=1S/C27H39N5O7/c1-15(2)21(22(35)17-10-8-12-20(29-17)39-7)30-26(38)31-23(27(4,5)6)25(37)32-13-9-11-18(32)24(36)28-16(3)19(34)14-33/h8,10,12,14-16,18,21,23H,9,11,13H2,1-7H3,(H,28,36)(H2,30,31,38). The molecule has 4 amide bonds. The van der Waals surface area contributed by atoms with Gasteiger partial charge in [-0.25, -0.2) is 9.78 Å². The molecule has 0 aromatic carbocycles. The average Bonchev–Trinajstić information content (AvgIpc) is 3.38.